The van der Waals surface area contributed by atoms with Crippen LogP contribution in [0.2, 0.25) is 0 Å². The average Bonchev–Trinajstić information content (AvgIpc) is 2.20. The topological polar surface area (TPSA) is 79.5 Å². The van der Waals surface area contributed by atoms with Gasteiger partial charge in [-0.2, -0.15) is 0 Å². The van der Waals surface area contributed by atoms with E-state index in [0.29, 0.717) is 5.69 Å². The Kier molecular flexibility index (Phi) is 6.26. The summed E-state index contributed by atoms with van der Waals surface area (Å²) in [6.07, 6.45) is 0. The van der Waals surface area contributed by atoms with Gasteiger partial charge in [0, 0.05) is 18.1 Å². The molecule has 0 aromatic heterocycles. The quantitative estimate of drug-likeness (QED) is 0.300. The monoisotopic (exact) mass is 516 g/mol. The number of carbonyl (C=O) groups excluding carboxylic acids is 1. The number of aliphatic imine (C=N–C) groups is 1. The van der Waals surface area contributed by atoms with Gasteiger partial charge in [-0.1, -0.05) is 15.9 Å². The summed E-state index contributed by atoms with van der Waals surface area (Å²) in [6, 6.07) is 3.39. The van der Waals surface area contributed by atoms with Crippen molar-refractivity contribution in [1.29, 1.82) is 0 Å². The number of benzene rings is 1. The van der Waals surface area contributed by atoms with E-state index in [4.69, 9.17) is 5.73 Å². The largest absolute Gasteiger partial charge is 0.369 e. The highest BCUT2D eigenvalue weighted by Crippen LogP contribution is 2.33. The molecule has 1 aromatic rings. The zero-order valence-electron chi connectivity index (χ0n) is 11.2. The molecule has 0 fully saturated rings. The van der Waals surface area contributed by atoms with Crippen molar-refractivity contribution in [3.8, 4) is 0 Å². The Morgan fingerprint density at radius 1 is 1.35 bits per heavy atom. The third-order valence-electron chi connectivity index (χ3n) is 1.94. The summed E-state index contributed by atoms with van der Waals surface area (Å²) >= 11 is 8.96. The normalized spacial score (nSPS) is 12.2. The van der Waals surface area contributed by atoms with E-state index in [1.54, 1.807) is 0 Å². The van der Waals surface area contributed by atoms with Crippen molar-refractivity contribution >= 4 is 72.1 Å². The van der Waals surface area contributed by atoms with Crippen LogP contribution in [0.25, 0.3) is 0 Å². The Balaban J connectivity index is 2.87. The van der Waals surface area contributed by atoms with Gasteiger partial charge in [0.15, 0.2) is 0 Å². The predicted octanol–water partition coefficient (Wildman–Crippen LogP) is 3.86. The highest BCUT2D eigenvalue weighted by molar-refractivity contribution is 14.1. The molecule has 2 amide bonds. The zero-order chi connectivity index (χ0) is 15.5. The van der Waals surface area contributed by atoms with E-state index >= 15 is 0 Å². The van der Waals surface area contributed by atoms with Gasteiger partial charge >= 0.3 is 6.03 Å². The minimum Gasteiger partial charge on any atom is -0.369 e. The van der Waals surface area contributed by atoms with Gasteiger partial charge in [0.2, 0.25) is 5.96 Å². The lowest BCUT2D eigenvalue weighted by atomic mass is 10.1. The fraction of sp³-hybridized carbons (Fsp3) is 0.333. The molecule has 0 unspecified atom stereocenters. The van der Waals surface area contributed by atoms with Crippen LogP contribution in [0.3, 0.4) is 0 Å². The van der Waals surface area contributed by atoms with Crippen molar-refractivity contribution in [2.45, 2.75) is 26.3 Å². The highest BCUT2D eigenvalue weighted by Gasteiger charge is 2.14. The number of amides is 2. The number of nitrogens with zero attached hydrogens (tertiary/aromatic N) is 1. The molecule has 1 rings (SSSR count). The van der Waals surface area contributed by atoms with Gasteiger partial charge in [-0.15, -0.1) is 0 Å². The molecular formula is C12H15Br2IN4O. The summed E-state index contributed by atoms with van der Waals surface area (Å²) in [4.78, 5) is 15.9. The summed E-state index contributed by atoms with van der Waals surface area (Å²) in [5.74, 6) is 0.0349. The van der Waals surface area contributed by atoms with Gasteiger partial charge in [-0.05, 0) is 71.4 Å². The predicted molar refractivity (Wildman–Crippen MR) is 97.3 cm³/mol. The molecule has 5 nitrogen and oxygen atoms in total. The second kappa shape index (κ2) is 7.08. The van der Waals surface area contributed by atoms with Crippen LogP contribution < -0.4 is 16.4 Å². The minimum atomic E-state index is -0.387. The molecule has 0 spiro atoms. The fourth-order valence-electron chi connectivity index (χ4n) is 1.28. The molecule has 0 saturated heterocycles. The Bertz CT molecular complexity index is 532. The molecule has 0 atom stereocenters. The lowest BCUT2D eigenvalue weighted by molar-refractivity contribution is 0.236. The molecule has 0 heterocycles. The summed E-state index contributed by atoms with van der Waals surface area (Å²) in [5.41, 5.74) is 6.08. The standard InChI is InChI=1S/C12H15Br2IN4O/c1-12(2,3)19-11(20)18-10(16)17-9-7(14)4-6(13)5-8(9)15/h4-5H,1-3H3,(H4,16,17,18,19,20). The summed E-state index contributed by atoms with van der Waals surface area (Å²) in [5, 5.41) is 5.24. The molecule has 0 aliphatic rings. The molecule has 0 saturated carbocycles. The SMILES string of the molecule is CC(C)(C)NC(=O)NC(N)=Nc1c(Br)cc(Br)cc1I. The van der Waals surface area contributed by atoms with Crippen LogP contribution in [0, 0.1) is 3.57 Å². The zero-order valence-corrected chi connectivity index (χ0v) is 16.6. The first-order valence-electron chi connectivity index (χ1n) is 5.66. The van der Waals surface area contributed by atoms with Gasteiger partial charge in [-0.25, -0.2) is 9.79 Å². The van der Waals surface area contributed by atoms with E-state index in [1.165, 1.54) is 0 Å². The van der Waals surface area contributed by atoms with E-state index in [9.17, 15) is 4.79 Å². The van der Waals surface area contributed by atoms with E-state index in [1.807, 2.05) is 32.9 Å². The fourth-order valence-corrected chi connectivity index (χ4v) is 4.14. The minimum absolute atomic E-state index is 0.0349. The molecule has 0 aliphatic heterocycles. The van der Waals surface area contributed by atoms with Crippen LogP contribution in [0.4, 0.5) is 10.5 Å². The molecule has 0 bridgehead atoms. The molecule has 110 valence electrons. The first-order valence-corrected chi connectivity index (χ1v) is 8.33. The Morgan fingerprint density at radius 3 is 2.45 bits per heavy atom. The van der Waals surface area contributed by atoms with Gasteiger partial charge in [0.05, 0.1) is 5.69 Å². The molecule has 4 N–H and O–H groups in total. The van der Waals surface area contributed by atoms with Gasteiger partial charge in [0.1, 0.15) is 0 Å². The van der Waals surface area contributed by atoms with Crippen LogP contribution in [0.5, 0.6) is 0 Å². The first kappa shape index (κ1) is 17.7. The summed E-state index contributed by atoms with van der Waals surface area (Å²) < 4.78 is 2.63. The van der Waals surface area contributed by atoms with Crippen molar-refractivity contribution in [2.24, 2.45) is 10.7 Å². The number of carbonyl (C=O) groups is 1. The van der Waals surface area contributed by atoms with E-state index in [2.05, 4.69) is 70.1 Å². The van der Waals surface area contributed by atoms with Crippen molar-refractivity contribution in [3.63, 3.8) is 0 Å². The van der Waals surface area contributed by atoms with Crippen LogP contribution in [0.15, 0.2) is 26.1 Å². The number of guanidine groups is 1. The van der Waals surface area contributed by atoms with E-state index in [0.717, 1.165) is 12.5 Å². The molecule has 0 radical (unpaired) electrons. The van der Waals surface area contributed by atoms with Gasteiger partial charge in [0.25, 0.3) is 0 Å². The number of hydrogen-bond acceptors (Lipinski definition) is 2. The van der Waals surface area contributed by atoms with Crippen LogP contribution >= 0.6 is 54.5 Å². The smallest absolute Gasteiger partial charge is 0.321 e. The average molecular weight is 518 g/mol. The Morgan fingerprint density at radius 2 is 1.95 bits per heavy atom. The lowest BCUT2D eigenvalue weighted by Gasteiger charge is -2.20. The second-order valence-electron chi connectivity index (χ2n) is 5.04. The maximum absolute atomic E-state index is 11.7. The number of nitrogens with two attached hydrogens (primary N) is 1. The summed E-state index contributed by atoms with van der Waals surface area (Å²) in [6.45, 7) is 5.65. The van der Waals surface area contributed by atoms with Crippen LogP contribution in [0.1, 0.15) is 20.8 Å². The number of hydrogen-bond donors (Lipinski definition) is 3. The third kappa shape index (κ3) is 5.96. The van der Waals surface area contributed by atoms with Crippen molar-refractivity contribution < 1.29 is 4.79 Å². The lowest BCUT2D eigenvalue weighted by Crippen LogP contribution is -2.50. The van der Waals surface area contributed by atoms with Gasteiger partial charge < -0.3 is 11.1 Å². The number of nitrogens with one attached hydrogen (secondary N) is 2. The Hall–Kier alpha value is -0.350. The Labute approximate surface area is 148 Å². The maximum atomic E-state index is 11.7. The number of halogens is 3. The number of rotatable bonds is 1. The number of urea groups is 1. The molecule has 1 aromatic carbocycles. The van der Waals surface area contributed by atoms with Crippen molar-refractivity contribution in [2.75, 3.05) is 0 Å². The van der Waals surface area contributed by atoms with Crippen molar-refractivity contribution in [1.82, 2.24) is 10.6 Å². The van der Waals surface area contributed by atoms with Crippen molar-refractivity contribution in [3.05, 3.63) is 24.6 Å². The third-order valence-corrected chi connectivity index (χ3v) is 3.83. The summed E-state index contributed by atoms with van der Waals surface area (Å²) in [7, 11) is 0. The van der Waals surface area contributed by atoms with Gasteiger partial charge in [-0.3, -0.25) is 5.32 Å². The molecule has 0 aliphatic carbocycles. The molecule has 8 heteroatoms. The second-order valence-corrected chi connectivity index (χ2v) is 7.98. The van der Waals surface area contributed by atoms with E-state index < -0.39 is 0 Å². The molecule has 20 heavy (non-hydrogen) atoms. The van der Waals surface area contributed by atoms with Crippen LogP contribution in [-0.4, -0.2) is 17.5 Å². The van der Waals surface area contributed by atoms with E-state index in [-0.39, 0.29) is 17.5 Å². The first-order chi connectivity index (χ1) is 9.08. The van der Waals surface area contributed by atoms with Crippen LogP contribution in [-0.2, 0) is 0 Å². The maximum Gasteiger partial charge on any atom is 0.321 e. The highest BCUT2D eigenvalue weighted by atomic mass is 127. The molecular weight excluding hydrogens is 503 g/mol.